The first-order valence-corrected chi connectivity index (χ1v) is 4.02. The molecule has 4 heteroatoms. The first kappa shape index (κ1) is 11.7. The Balaban J connectivity index is 4.59. The molecule has 0 saturated heterocycles. The summed E-state index contributed by atoms with van der Waals surface area (Å²) in [5.41, 5.74) is 0.455. The molecule has 0 aliphatic heterocycles. The highest BCUT2D eigenvalue weighted by molar-refractivity contribution is 6.40. The predicted molar refractivity (Wildman–Crippen MR) is 49.1 cm³/mol. The summed E-state index contributed by atoms with van der Waals surface area (Å²) in [6.07, 6.45) is 2.14. The molecule has 0 atom stereocenters. The van der Waals surface area contributed by atoms with Crippen molar-refractivity contribution in [3.05, 3.63) is 11.8 Å². The number of methoxy groups -OCH3 is 1. The van der Waals surface area contributed by atoms with Crippen LogP contribution in [0.25, 0.3) is 0 Å². The normalized spacial score (nSPS) is 10.9. The molecule has 0 amide bonds. The molecule has 13 heavy (non-hydrogen) atoms. The van der Waals surface area contributed by atoms with Gasteiger partial charge in [0.05, 0.1) is 7.11 Å². The Hall–Kier alpha value is -1.32. The summed E-state index contributed by atoms with van der Waals surface area (Å²) < 4.78 is 4.33. The maximum atomic E-state index is 11.3. The van der Waals surface area contributed by atoms with Crippen LogP contribution >= 0.6 is 0 Å². The van der Waals surface area contributed by atoms with Crippen molar-refractivity contribution in [2.45, 2.75) is 13.3 Å². The van der Waals surface area contributed by atoms with Gasteiger partial charge in [-0.1, -0.05) is 6.92 Å². The molecule has 0 saturated carbocycles. The number of esters is 1. The maximum Gasteiger partial charge on any atom is 0.379 e. The third-order valence-corrected chi connectivity index (χ3v) is 1.46. The Kier molecular flexibility index (Phi) is 4.80. The van der Waals surface area contributed by atoms with Crippen LogP contribution in [0.3, 0.4) is 0 Å². The fraction of sp³-hybridized carbons (Fsp3) is 0.556. The van der Waals surface area contributed by atoms with E-state index in [4.69, 9.17) is 0 Å². The minimum Gasteiger partial charge on any atom is -0.463 e. The number of rotatable bonds is 4. The summed E-state index contributed by atoms with van der Waals surface area (Å²) >= 11 is 0. The monoisotopic (exact) mass is 185 g/mol. The van der Waals surface area contributed by atoms with Gasteiger partial charge < -0.3 is 9.64 Å². The number of nitrogens with zero attached hydrogens (tertiary/aromatic N) is 1. The minimum atomic E-state index is -0.810. The number of ether oxygens (including phenoxy) is 1. The smallest absolute Gasteiger partial charge is 0.379 e. The minimum absolute atomic E-state index is 0.455. The van der Waals surface area contributed by atoms with E-state index in [9.17, 15) is 9.59 Å². The summed E-state index contributed by atoms with van der Waals surface area (Å²) in [7, 11) is 4.78. The van der Waals surface area contributed by atoms with E-state index in [0.29, 0.717) is 12.0 Å². The Labute approximate surface area is 78.2 Å². The van der Waals surface area contributed by atoms with Crippen molar-refractivity contribution in [2.24, 2.45) is 0 Å². The molecule has 0 unspecified atom stereocenters. The Morgan fingerprint density at radius 2 is 1.92 bits per heavy atom. The molecule has 0 aromatic heterocycles. The van der Waals surface area contributed by atoms with Gasteiger partial charge in [-0.15, -0.1) is 0 Å². The average molecular weight is 185 g/mol. The van der Waals surface area contributed by atoms with Crippen LogP contribution in [0.5, 0.6) is 0 Å². The zero-order valence-corrected chi connectivity index (χ0v) is 8.46. The lowest BCUT2D eigenvalue weighted by Gasteiger charge is -2.08. The first-order chi connectivity index (χ1) is 6.02. The van der Waals surface area contributed by atoms with Crippen molar-refractivity contribution in [3.8, 4) is 0 Å². The molecule has 0 aliphatic rings. The van der Waals surface area contributed by atoms with Gasteiger partial charge in [-0.2, -0.15) is 0 Å². The Morgan fingerprint density at radius 1 is 1.38 bits per heavy atom. The molecule has 0 heterocycles. The zero-order chi connectivity index (χ0) is 10.4. The lowest BCUT2D eigenvalue weighted by atomic mass is 10.1. The van der Waals surface area contributed by atoms with Crippen LogP contribution in [-0.4, -0.2) is 37.9 Å². The summed E-state index contributed by atoms with van der Waals surface area (Å²) in [5, 5.41) is 0. The van der Waals surface area contributed by atoms with Gasteiger partial charge in [0.2, 0.25) is 0 Å². The second kappa shape index (κ2) is 5.35. The number of carbonyl (C=O) groups is 2. The number of hydrogen-bond donors (Lipinski definition) is 0. The summed E-state index contributed by atoms with van der Waals surface area (Å²) in [6, 6.07) is 0. The second-order valence-corrected chi connectivity index (χ2v) is 2.79. The largest absolute Gasteiger partial charge is 0.463 e. The van der Waals surface area contributed by atoms with Gasteiger partial charge >= 0.3 is 5.97 Å². The van der Waals surface area contributed by atoms with Crippen LogP contribution in [0, 0.1) is 0 Å². The van der Waals surface area contributed by atoms with E-state index in [2.05, 4.69) is 4.74 Å². The Bertz CT molecular complexity index is 231. The molecule has 0 aliphatic carbocycles. The molecular weight excluding hydrogens is 170 g/mol. The number of ketones is 1. The molecule has 0 fully saturated rings. The number of Topliss-reactive ketones (excluding diaryl/α,β-unsaturated/α-hetero) is 1. The number of hydrogen-bond acceptors (Lipinski definition) is 4. The second-order valence-electron chi connectivity index (χ2n) is 2.79. The fourth-order valence-electron chi connectivity index (χ4n) is 0.846. The quantitative estimate of drug-likeness (QED) is 0.365. The van der Waals surface area contributed by atoms with Crippen molar-refractivity contribution in [1.29, 1.82) is 0 Å². The van der Waals surface area contributed by atoms with E-state index in [1.165, 1.54) is 7.11 Å². The molecule has 0 rings (SSSR count). The van der Waals surface area contributed by atoms with Gasteiger partial charge in [-0.05, 0) is 6.42 Å². The summed E-state index contributed by atoms with van der Waals surface area (Å²) in [4.78, 5) is 23.9. The predicted octanol–water partition coefficient (Wildman–Crippen LogP) is 0.584. The lowest BCUT2D eigenvalue weighted by molar-refractivity contribution is -0.149. The number of carbonyl (C=O) groups excluding carboxylic acids is 2. The van der Waals surface area contributed by atoms with Crippen molar-refractivity contribution >= 4 is 11.8 Å². The van der Waals surface area contributed by atoms with Crippen molar-refractivity contribution in [3.63, 3.8) is 0 Å². The van der Waals surface area contributed by atoms with E-state index in [1.807, 2.05) is 6.92 Å². The third kappa shape index (κ3) is 3.73. The van der Waals surface area contributed by atoms with Crippen LogP contribution in [0.4, 0.5) is 0 Å². The summed E-state index contributed by atoms with van der Waals surface area (Å²) in [6.45, 7) is 1.82. The highest BCUT2D eigenvalue weighted by Gasteiger charge is 2.17. The van der Waals surface area contributed by atoms with Crippen LogP contribution in [0.15, 0.2) is 11.8 Å². The third-order valence-electron chi connectivity index (χ3n) is 1.46. The van der Waals surface area contributed by atoms with Gasteiger partial charge in [0.1, 0.15) is 0 Å². The standard InChI is InChI=1S/C9H15NO3/c1-5-7(6-10(2)3)8(11)9(12)13-4/h6H,5H2,1-4H3/b7-6+. The molecule has 0 radical (unpaired) electrons. The molecule has 0 N–H and O–H groups in total. The van der Waals surface area contributed by atoms with E-state index in [0.717, 1.165) is 0 Å². The zero-order valence-electron chi connectivity index (χ0n) is 8.46. The maximum absolute atomic E-state index is 11.3. The molecular formula is C9H15NO3. The highest BCUT2D eigenvalue weighted by Crippen LogP contribution is 2.04. The highest BCUT2D eigenvalue weighted by atomic mass is 16.5. The van der Waals surface area contributed by atoms with E-state index < -0.39 is 11.8 Å². The SMILES string of the molecule is CC/C(=C\N(C)C)C(=O)C(=O)OC. The van der Waals surface area contributed by atoms with Crippen molar-refractivity contribution < 1.29 is 14.3 Å². The van der Waals surface area contributed by atoms with Gasteiger partial charge in [0.25, 0.3) is 5.78 Å². The first-order valence-electron chi connectivity index (χ1n) is 4.02. The van der Waals surface area contributed by atoms with Crippen molar-refractivity contribution in [2.75, 3.05) is 21.2 Å². The van der Waals surface area contributed by atoms with E-state index in [1.54, 1.807) is 25.2 Å². The van der Waals surface area contributed by atoms with Gasteiger partial charge in [0, 0.05) is 25.9 Å². The molecule has 0 aromatic rings. The van der Waals surface area contributed by atoms with Gasteiger partial charge in [-0.25, -0.2) is 4.79 Å². The molecule has 0 bridgehead atoms. The van der Waals surface area contributed by atoms with Crippen LogP contribution < -0.4 is 0 Å². The lowest BCUT2D eigenvalue weighted by Crippen LogP contribution is -2.19. The van der Waals surface area contributed by atoms with E-state index in [-0.39, 0.29) is 0 Å². The molecule has 74 valence electrons. The topological polar surface area (TPSA) is 46.6 Å². The average Bonchev–Trinajstić information content (AvgIpc) is 2.11. The molecule has 0 spiro atoms. The van der Waals surface area contributed by atoms with Crippen LogP contribution in [0.1, 0.15) is 13.3 Å². The van der Waals surface area contributed by atoms with Gasteiger partial charge in [0.15, 0.2) is 0 Å². The summed E-state index contributed by atoms with van der Waals surface area (Å²) in [5.74, 6) is -1.38. The van der Waals surface area contributed by atoms with E-state index >= 15 is 0 Å². The van der Waals surface area contributed by atoms with Crippen molar-refractivity contribution in [1.82, 2.24) is 4.90 Å². The van der Waals surface area contributed by atoms with Crippen LogP contribution in [0.2, 0.25) is 0 Å². The molecule has 4 nitrogen and oxygen atoms in total. The van der Waals surface area contributed by atoms with Crippen LogP contribution in [-0.2, 0) is 14.3 Å². The molecule has 0 aromatic carbocycles. The Morgan fingerprint density at radius 3 is 2.23 bits per heavy atom. The van der Waals surface area contributed by atoms with Gasteiger partial charge in [-0.3, -0.25) is 4.79 Å². The fourth-order valence-corrected chi connectivity index (χ4v) is 0.846.